The Labute approximate surface area is 161 Å². The van der Waals surface area contributed by atoms with E-state index in [1.54, 1.807) is 11.3 Å². The van der Waals surface area contributed by atoms with Gasteiger partial charge in [0.1, 0.15) is 0 Å². The molecule has 27 heavy (non-hydrogen) atoms. The number of nitrogens with two attached hydrogens (primary N) is 1. The molecule has 2 aromatic carbocycles. The Morgan fingerprint density at radius 2 is 1.81 bits per heavy atom. The van der Waals surface area contributed by atoms with E-state index in [0.29, 0.717) is 19.8 Å². The molecular weight excluding hydrogens is 358 g/mol. The van der Waals surface area contributed by atoms with E-state index in [9.17, 15) is 0 Å². The van der Waals surface area contributed by atoms with Crippen LogP contribution in [0.5, 0.6) is 11.5 Å². The molecule has 0 spiro atoms. The molecule has 5 rings (SSSR count). The number of rotatable bonds is 3. The van der Waals surface area contributed by atoms with Gasteiger partial charge in [-0.05, 0) is 23.8 Å². The molecule has 1 aliphatic rings. The van der Waals surface area contributed by atoms with Crippen LogP contribution >= 0.6 is 11.3 Å². The zero-order chi connectivity index (χ0) is 18.2. The van der Waals surface area contributed by atoms with Gasteiger partial charge in [-0.3, -0.25) is 4.40 Å². The standard InChI is InChI=1S/C21H19N3O2S/c22-12-16-20(15-7-8-17-18(11-15)26-10-4-9-25-17)23-21-24(16)13-19(27-21)14-5-2-1-3-6-14/h1-3,5-8,11,13H,4,9-10,12,22H2. The molecule has 2 aromatic heterocycles. The molecule has 136 valence electrons. The number of nitrogens with zero attached hydrogens (tertiary/aromatic N) is 2. The van der Waals surface area contributed by atoms with Crippen molar-refractivity contribution in [1.29, 1.82) is 0 Å². The fourth-order valence-electron chi connectivity index (χ4n) is 3.36. The van der Waals surface area contributed by atoms with Gasteiger partial charge in [0.05, 0.1) is 29.5 Å². The highest BCUT2D eigenvalue weighted by atomic mass is 32.1. The van der Waals surface area contributed by atoms with Crippen molar-refractivity contribution in [3.8, 4) is 33.2 Å². The monoisotopic (exact) mass is 377 g/mol. The summed E-state index contributed by atoms with van der Waals surface area (Å²) >= 11 is 1.67. The van der Waals surface area contributed by atoms with Crippen molar-refractivity contribution in [2.45, 2.75) is 13.0 Å². The third-order valence-electron chi connectivity index (χ3n) is 4.70. The smallest absolute Gasteiger partial charge is 0.195 e. The predicted molar refractivity (Wildman–Crippen MR) is 107 cm³/mol. The van der Waals surface area contributed by atoms with Crippen LogP contribution in [0.2, 0.25) is 0 Å². The highest BCUT2D eigenvalue weighted by molar-refractivity contribution is 7.20. The van der Waals surface area contributed by atoms with Gasteiger partial charge in [-0.2, -0.15) is 0 Å². The third kappa shape index (κ3) is 2.87. The summed E-state index contributed by atoms with van der Waals surface area (Å²) in [5.41, 5.74) is 10.2. The van der Waals surface area contributed by atoms with Crippen LogP contribution in [-0.2, 0) is 6.54 Å². The molecule has 0 unspecified atom stereocenters. The Kier molecular flexibility index (Phi) is 4.07. The summed E-state index contributed by atoms with van der Waals surface area (Å²) in [5, 5.41) is 0. The van der Waals surface area contributed by atoms with Gasteiger partial charge in [-0.1, -0.05) is 41.7 Å². The van der Waals surface area contributed by atoms with Crippen LogP contribution in [0.15, 0.2) is 54.7 Å². The van der Waals surface area contributed by atoms with Crippen molar-refractivity contribution >= 4 is 16.3 Å². The lowest BCUT2D eigenvalue weighted by atomic mass is 10.1. The number of ether oxygens (including phenoxy) is 2. The van der Waals surface area contributed by atoms with Crippen LogP contribution in [0, 0.1) is 0 Å². The first-order valence-corrected chi connectivity index (χ1v) is 9.81. The molecule has 1 aliphatic heterocycles. The van der Waals surface area contributed by atoms with E-state index >= 15 is 0 Å². The highest BCUT2D eigenvalue weighted by Crippen LogP contribution is 2.37. The SMILES string of the molecule is NCc1c(-c2ccc3c(c2)OCCCO3)nc2sc(-c3ccccc3)cn12. The largest absolute Gasteiger partial charge is 0.490 e. The van der Waals surface area contributed by atoms with Crippen molar-refractivity contribution in [3.05, 3.63) is 60.4 Å². The van der Waals surface area contributed by atoms with E-state index in [0.717, 1.165) is 39.8 Å². The number of hydrogen-bond donors (Lipinski definition) is 1. The van der Waals surface area contributed by atoms with E-state index in [1.807, 2.05) is 36.4 Å². The molecule has 0 radical (unpaired) electrons. The maximum Gasteiger partial charge on any atom is 0.195 e. The van der Waals surface area contributed by atoms with Gasteiger partial charge in [0.15, 0.2) is 16.5 Å². The zero-order valence-electron chi connectivity index (χ0n) is 14.7. The molecule has 5 nitrogen and oxygen atoms in total. The van der Waals surface area contributed by atoms with Crippen molar-refractivity contribution in [1.82, 2.24) is 9.38 Å². The molecule has 2 N–H and O–H groups in total. The van der Waals surface area contributed by atoms with E-state index in [-0.39, 0.29) is 0 Å². The Hall–Kier alpha value is -2.83. The van der Waals surface area contributed by atoms with Crippen LogP contribution in [0.1, 0.15) is 12.1 Å². The molecule has 0 aliphatic carbocycles. The van der Waals surface area contributed by atoms with Crippen molar-refractivity contribution in [3.63, 3.8) is 0 Å². The molecule has 0 amide bonds. The lowest BCUT2D eigenvalue weighted by molar-refractivity contribution is 0.297. The van der Waals surface area contributed by atoms with Crippen molar-refractivity contribution in [2.75, 3.05) is 13.2 Å². The van der Waals surface area contributed by atoms with Gasteiger partial charge in [-0.25, -0.2) is 4.98 Å². The van der Waals surface area contributed by atoms with Gasteiger partial charge in [0.25, 0.3) is 0 Å². The molecule has 0 bridgehead atoms. The second-order valence-corrected chi connectivity index (χ2v) is 7.45. The number of thiazole rings is 1. The minimum atomic E-state index is 0.413. The molecule has 0 saturated heterocycles. The van der Waals surface area contributed by atoms with E-state index < -0.39 is 0 Å². The zero-order valence-corrected chi connectivity index (χ0v) is 15.5. The number of fused-ring (bicyclic) bond motifs is 2. The summed E-state index contributed by atoms with van der Waals surface area (Å²) in [7, 11) is 0. The van der Waals surface area contributed by atoms with Gasteiger partial charge in [0, 0.05) is 24.7 Å². The predicted octanol–water partition coefficient (Wildman–Crippen LogP) is 4.35. The van der Waals surface area contributed by atoms with E-state index in [1.165, 1.54) is 10.4 Å². The molecule has 3 heterocycles. The van der Waals surface area contributed by atoms with Crippen LogP contribution in [0.4, 0.5) is 0 Å². The maximum absolute atomic E-state index is 6.10. The molecule has 0 atom stereocenters. The van der Waals surface area contributed by atoms with Crippen LogP contribution in [0.3, 0.4) is 0 Å². The summed E-state index contributed by atoms with van der Waals surface area (Å²) in [6.45, 7) is 1.76. The summed E-state index contributed by atoms with van der Waals surface area (Å²) in [4.78, 5) is 7.00. The Morgan fingerprint density at radius 1 is 1.00 bits per heavy atom. The highest BCUT2D eigenvalue weighted by Gasteiger charge is 2.18. The first kappa shape index (κ1) is 16.4. The van der Waals surface area contributed by atoms with Crippen molar-refractivity contribution < 1.29 is 9.47 Å². The Balaban J connectivity index is 1.60. The normalized spacial score (nSPS) is 13.7. The number of hydrogen-bond acceptors (Lipinski definition) is 5. The summed E-state index contributed by atoms with van der Waals surface area (Å²) in [6.07, 6.45) is 3.01. The average molecular weight is 377 g/mol. The Morgan fingerprint density at radius 3 is 2.63 bits per heavy atom. The average Bonchev–Trinajstić information content (AvgIpc) is 3.17. The van der Waals surface area contributed by atoms with Crippen LogP contribution in [0.25, 0.3) is 26.7 Å². The van der Waals surface area contributed by atoms with Crippen LogP contribution < -0.4 is 15.2 Å². The lowest BCUT2D eigenvalue weighted by Crippen LogP contribution is -2.02. The van der Waals surface area contributed by atoms with E-state index in [4.69, 9.17) is 20.2 Å². The number of aromatic nitrogens is 2. The van der Waals surface area contributed by atoms with Crippen molar-refractivity contribution in [2.24, 2.45) is 5.73 Å². The first-order valence-electron chi connectivity index (χ1n) is 9.00. The first-order chi connectivity index (χ1) is 13.3. The molecule has 0 saturated carbocycles. The molecule has 0 fully saturated rings. The van der Waals surface area contributed by atoms with Gasteiger partial charge < -0.3 is 15.2 Å². The van der Waals surface area contributed by atoms with Gasteiger partial charge in [0.2, 0.25) is 0 Å². The molecular formula is C21H19N3O2S. The fraction of sp³-hybridized carbons (Fsp3) is 0.190. The summed E-state index contributed by atoms with van der Waals surface area (Å²) in [5.74, 6) is 1.56. The second-order valence-electron chi connectivity index (χ2n) is 6.44. The summed E-state index contributed by atoms with van der Waals surface area (Å²) < 4.78 is 13.7. The van der Waals surface area contributed by atoms with Crippen LogP contribution in [-0.4, -0.2) is 22.6 Å². The number of imidazole rings is 1. The fourth-order valence-corrected chi connectivity index (χ4v) is 4.37. The lowest BCUT2D eigenvalue weighted by Gasteiger charge is -2.09. The topological polar surface area (TPSA) is 61.8 Å². The van der Waals surface area contributed by atoms with E-state index in [2.05, 4.69) is 22.7 Å². The van der Waals surface area contributed by atoms with Gasteiger partial charge in [-0.15, -0.1) is 0 Å². The second kappa shape index (κ2) is 6.72. The molecule has 4 aromatic rings. The third-order valence-corrected chi connectivity index (χ3v) is 5.73. The quantitative estimate of drug-likeness (QED) is 0.577. The molecule has 6 heteroatoms. The summed E-state index contributed by atoms with van der Waals surface area (Å²) in [6, 6.07) is 16.3. The van der Waals surface area contributed by atoms with Gasteiger partial charge >= 0.3 is 0 Å². The minimum Gasteiger partial charge on any atom is -0.490 e. The minimum absolute atomic E-state index is 0.413. The Bertz CT molecular complexity index is 1100. The number of benzene rings is 2. The maximum atomic E-state index is 6.10.